The van der Waals surface area contributed by atoms with Crippen LogP contribution in [0.15, 0.2) is 5.11 Å². The highest BCUT2D eigenvalue weighted by Crippen LogP contribution is 2.40. The zero-order valence-corrected chi connectivity index (χ0v) is 22.1. The van der Waals surface area contributed by atoms with E-state index >= 15 is 0 Å². The summed E-state index contributed by atoms with van der Waals surface area (Å²) in [6, 6.07) is -0.921. The van der Waals surface area contributed by atoms with E-state index < -0.39 is 35.7 Å². The highest BCUT2D eigenvalue weighted by atomic mass is 128. The molecule has 2 saturated heterocycles. The Bertz CT molecular complexity index is 578. The third-order valence-corrected chi connectivity index (χ3v) is 6.50. The molecular formula is C18H32I2N4O5. The molecule has 10 atom stereocenters. The van der Waals surface area contributed by atoms with Crippen LogP contribution in [-0.2, 0) is 14.2 Å². The normalized spacial score (nSPS) is 42.2. The van der Waals surface area contributed by atoms with Gasteiger partial charge in [-0.1, -0.05) is 46.7 Å². The van der Waals surface area contributed by atoms with E-state index in [1.807, 2.05) is 13.8 Å². The topological polar surface area (TPSA) is 120 Å². The van der Waals surface area contributed by atoms with Crippen LogP contribution in [0.1, 0.15) is 54.4 Å². The highest BCUT2D eigenvalue weighted by molar-refractivity contribution is 15.0. The fourth-order valence-electron chi connectivity index (χ4n) is 4.33. The van der Waals surface area contributed by atoms with E-state index in [9.17, 15) is 10.1 Å². The van der Waals surface area contributed by atoms with Crippen molar-refractivity contribution in [3.8, 4) is 0 Å². The average Bonchev–Trinajstić information content (AvgIpc) is 2.72. The van der Waals surface area contributed by atoms with Gasteiger partial charge < -0.3 is 14.2 Å². The molecule has 168 valence electrons. The second-order valence-corrected chi connectivity index (χ2v) is 7.94. The lowest BCUT2D eigenvalue weighted by atomic mass is 9.78. The van der Waals surface area contributed by atoms with Gasteiger partial charge in [0.05, 0.1) is 23.2 Å². The van der Waals surface area contributed by atoms with Gasteiger partial charge in [0.1, 0.15) is 6.04 Å². The molecule has 0 amide bonds. The molecule has 9 nitrogen and oxygen atoms in total. The molecule has 29 heavy (non-hydrogen) atoms. The highest BCUT2D eigenvalue weighted by Gasteiger charge is 2.51. The molecule has 2 aliphatic heterocycles. The maximum atomic E-state index is 11.4. The summed E-state index contributed by atoms with van der Waals surface area (Å²) in [5.74, 6) is 0.675. The Kier molecular flexibility index (Phi) is 12.0. The Morgan fingerprint density at radius 3 is 2.10 bits per heavy atom. The van der Waals surface area contributed by atoms with E-state index in [2.05, 4.69) is 75.0 Å². The molecule has 2 rings (SSSR count). The number of azide groups is 1. The number of rotatable bonds is 6. The molecule has 0 bridgehead atoms. The molecule has 2 fully saturated rings. The summed E-state index contributed by atoms with van der Waals surface area (Å²) >= 11 is 4.24. The Labute approximate surface area is 196 Å². The molecule has 0 N–H and O–H groups in total. The van der Waals surface area contributed by atoms with Crippen LogP contribution in [-0.4, -0.2) is 41.8 Å². The van der Waals surface area contributed by atoms with Gasteiger partial charge in [0, 0.05) is 54.0 Å². The quantitative estimate of drug-likeness (QED) is 0.0895. The van der Waals surface area contributed by atoms with Crippen LogP contribution in [0.4, 0.5) is 0 Å². The number of hydrogen-bond donors (Lipinski definition) is 0. The number of nitrogens with zero attached hydrogens (tertiary/aromatic N) is 4. The van der Waals surface area contributed by atoms with Gasteiger partial charge in [0.15, 0.2) is 6.29 Å². The van der Waals surface area contributed by atoms with Gasteiger partial charge in [0.2, 0.25) is 0 Å². The summed E-state index contributed by atoms with van der Waals surface area (Å²) in [5.41, 5.74) is 8.85. The first-order valence-corrected chi connectivity index (χ1v) is 16.3. The van der Waals surface area contributed by atoms with E-state index in [1.165, 1.54) is 0 Å². The smallest absolute Gasteiger partial charge is 0.324 e. The number of nitro groups is 1. The Morgan fingerprint density at radius 2 is 1.62 bits per heavy atom. The summed E-state index contributed by atoms with van der Waals surface area (Å²) in [6.07, 6.45) is -1.08. The summed E-state index contributed by atoms with van der Waals surface area (Å²) in [4.78, 5) is 13.7. The largest absolute Gasteiger partial charge is 0.349 e. The van der Waals surface area contributed by atoms with Gasteiger partial charge in [-0.2, -0.15) is 0 Å². The first-order chi connectivity index (χ1) is 13.8. The van der Waals surface area contributed by atoms with Crippen molar-refractivity contribution in [1.29, 1.82) is 0 Å². The van der Waals surface area contributed by atoms with Crippen molar-refractivity contribution >= 4 is 37.2 Å². The van der Waals surface area contributed by atoms with Crippen LogP contribution in [0.25, 0.3) is 10.4 Å². The van der Waals surface area contributed by atoms with E-state index in [4.69, 9.17) is 19.7 Å². The molecule has 0 spiro atoms. The van der Waals surface area contributed by atoms with E-state index in [0.29, 0.717) is 18.3 Å². The van der Waals surface area contributed by atoms with Crippen LogP contribution < -0.4 is 0 Å². The van der Waals surface area contributed by atoms with Crippen molar-refractivity contribution in [2.75, 3.05) is 0 Å². The lowest BCUT2D eigenvalue weighted by Gasteiger charge is -2.47. The number of ether oxygens (including phenoxy) is 3. The van der Waals surface area contributed by atoms with Crippen molar-refractivity contribution in [2.24, 2.45) is 28.8 Å². The second kappa shape index (κ2) is 12.8. The lowest BCUT2D eigenvalue weighted by Crippen LogP contribution is -2.58. The predicted octanol–water partition coefficient (Wildman–Crippen LogP) is 5.91. The minimum absolute atomic E-state index is 0.112. The molecule has 0 aromatic rings. The Balaban J connectivity index is 0.00000204. The molecular weight excluding hydrogens is 606 g/mol. The van der Waals surface area contributed by atoms with Crippen LogP contribution >= 0.6 is 37.2 Å². The second-order valence-electron chi connectivity index (χ2n) is 7.94. The molecule has 0 saturated carbocycles. The predicted molar refractivity (Wildman–Crippen MR) is 127 cm³/mol. The molecule has 0 aromatic carbocycles. The summed E-state index contributed by atoms with van der Waals surface area (Å²) in [7, 11) is 0. The molecule has 2 aliphatic rings. The van der Waals surface area contributed by atoms with Crippen molar-refractivity contribution in [3.63, 3.8) is 0 Å². The first kappa shape index (κ1) is 27.1. The average molecular weight is 638 g/mol. The van der Waals surface area contributed by atoms with E-state index in [-0.39, 0.29) is 17.9 Å². The van der Waals surface area contributed by atoms with Crippen LogP contribution in [0.5, 0.6) is 0 Å². The number of hydrogen-bond acceptors (Lipinski definition) is 6. The van der Waals surface area contributed by atoms with E-state index in [0.717, 1.165) is 6.42 Å². The molecule has 0 aromatic heterocycles. The van der Waals surface area contributed by atoms with Crippen molar-refractivity contribution in [3.05, 3.63) is 20.6 Å². The zero-order chi connectivity index (χ0) is 22.3. The minimum Gasteiger partial charge on any atom is -0.349 e. The summed E-state index contributed by atoms with van der Waals surface area (Å²) < 4.78 is 18.3. The van der Waals surface area contributed by atoms with Gasteiger partial charge in [-0.3, -0.25) is 10.1 Å². The maximum Gasteiger partial charge on any atom is 0.324 e. The van der Waals surface area contributed by atoms with Crippen molar-refractivity contribution in [1.82, 2.24) is 0 Å². The van der Waals surface area contributed by atoms with Gasteiger partial charge in [-0.15, -0.1) is 0 Å². The van der Waals surface area contributed by atoms with Crippen LogP contribution in [0.2, 0.25) is 0 Å². The Hall–Kier alpha value is 0.0500. The molecule has 0 aliphatic carbocycles. The van der Waals surface area contributed by atoms with Crippen LogP contribution in [0, 0.1) is 33.8 Å². The van der Waals surface area contributed by atoms with E-state index in [1.54, 1.807) is 0 Å². The van der Waals surface area contributed by atoms with Gasteiger partial charge in [0.25, 0.3) is 0 Å². The molecule has 11 heteroatoms. The van der Waals surface area contributed by atoms with Gasteiger partial charge in [-0.05, 0) is 30.2 Å². The Morgan fingerprint density at radius 1 is 1.03 bits per heavy atom. The molecule has 0 radical (unpaired) electrons. The minimum atomic E-state index is -1.35. The molecule has 5 unspecified atom stereocenters. The third kappa shape index (κ3) is 6.28. The summed E-state index contributed by atoms with van der Waals surface area (Å²) in [6.45, 7) is 12.3. The zero-order valence-electron chi connectivity index (χ0n) is 17.8. The third-order valence-electron chi connectivity index (χ3n) is 6.50. The first-order valence-electron chi connectivity index (χ1n) is 10.0. The summed E-state index contributed by atoms with van der Waals surface area (Å²) in [5, 5.41) is 15.0. The fraction of sp³-hybridized carbons (Fsp3) is 1.00. The standard InChI is InChI=1S/C18H32N4O5.I2/c1-7-13-10(4)9(3)11(5)18(26-13)27-16-12(6)15(20-21-19)17(22(23)24)25-14(16)8-2;1-2/h9-18H,7-8H2,1-6H3;/t9-,10-,11?,12+,13?,14?,15?,16-,17?,18-;/m0./s1. The fourth-order valence-corrected chi connectivity index (χ4v) is 4.33. The lowest BCUT2D eigenvalue weighted by molar-refractivity contribution is -0.593. The maximum absolute atomic E-state index is 11.4. The SMILES string of the molecule is CCC1O[C@@H](O[C@@H]2C(CC)OC([N+](=O)[O-])C(N=[N+]=[N-])[C@H]2C)C(C)[C@@H](C)[C@@H]1C.II. The van der Waals surface area contributed by atoms with Crippen LogP contribution in [0.3, 0.4) is 0 Å². The van der Waals surface area contributed by atoms with Crippen molar-refractivity contribution < 1.29 is 19.1 Å². The number of halogens is 2. The van der Waals surface area contributed by atoms with Gasteiger partial charge in [-0.25, -0.2) is 0 Å². The van der Waals surface area contributed by atoms with Crippen molar-refractivity contribution in [2.45, 2.75) is 91.3 Å². The monoisotopic (exact) mass is 638 g/mol. The molecule has 2 heterocycles. The van der Waals surface area contributed by atoms with Gasteiger partial charge >= 0.3 is 6.23 Å².